The maximum absolute atomic E-state index is 5.50. The molecule has 3 aromatic heterocycles. The number of thiophene rings is 1. The third-order valence-corrected chi connectivity index (χ3v) is 7.66. The third-order valence-electron chi connectivity index (χ3n) is 6.48. The summed E-state index contributed by atoms with van der Waals surface area (Å²) in [7, 11) is 0. The molecule has 3 aliphatic rings. The number of anilines is 1. The number of morpholine rings is 1. The van der Waals surface area contributed by atoms with E-state index in [2.05, 4.69) is 20.3 Å². The number of ether oxygens (including phenoxy) is 1. The Kier molecular flexibility index (Phi) is 4.89. The van der Waals surface area contributed by atoms with Gasteiger partial charge in [0.15, 0.2) is 0 Å². The van der Waals surface area contributed by atoms with Crippen LogP contribution in [-0.4, -0.2) is 62.0 Å². The summed E-state index contributed by atoms with van der Waals surface area (Å²) in [5.41, 5.74) is 1.49. The summed E-state index contributed by atoms with van der Waals surface area (Å²) in [6, 6.07) is 0.313. The van der Waals surface area contributed by atoms with E-state index in [-0.39, 0.29) is 0 Å². The van der Waals surface area contributed by atoms with Crippen molar-refractivity contribution < 1.29 is 4.74 Å². The van der Waals surface area contributed by atoms with Crippen molar-refractivity contribution in [3.8, 4) is 0 Å². The fourth-order valence-electron chi connectivity index (χ4n) is 4.88. The Balaban J connectivity index is 1.35. The molecule has 158 valence electrons. The van der Waals surface area contributed by atoms with Crippen LogP contribution in [0.4, 0.5) is 5.82 Å². The number of hydrogen-bond donors (Lipinski definition) is 1. The van der Waals surface area contributed by atoms with Gasteiger partial charge in [-0.15, -0.1) is 11.3 Å². The molecule has 0 spiro atoms. The molecule has 8 nitrogen and oxygen atoms in total. The van der Waals surface area contributed by atoms with Gasteiger partial charge in [-0.3, -0.25) is 4.90 Å². The zero-order valence-electron chi connectivity index (χ0n) is 17.1. The van der Waals surface area contributed by atoms with E-state index in [1.54, 1.807) is 6.33 Å². The zero-order valence-corrected chi connectivity index (χ0v) is 18.0. The van der Waals surface area contributed by atoms with Gasteiger partial charge in [0.25, 0.3) is 0 Å². The molecule has 0 saturated carbocycles. The maximum Gasteiger partial charge on any atom is 0.146 e. The van der Waals surface area contributed by atoms with Crippen LogP contribution >= 0.6 is 11.3 Å². The van der Waals surface area contributed by atoms with Crippen LogP contribution in [-0.2, 0) is 37.1 Å². The Morgan fingerprint density at radius 2 is 2.03 bits per heavy atom. The van der Waals surface area contributed by atoms with Crippen molar-refractivity contribution >= 4 is 27.4 Å². The first kappa shape index (κ1) is 18.7. The maximum atomic E-state index is 5.50. The molecular formula is C21H27N7OS. The van der Waals surface area contributed by atoms with Crippen LogP contribution in [0.25, 0.3) is 10.2 Å². The predicted molar refractivity (Wildman–Crippen MR) is 116 cm³/mol. The first-order chi connectivity index (χ1) is 14.8. The highest BCUT2D eigenvalue weighted by molar-refractivity contribution is 7.19. The van der Waals surface area contributed by atoms with Gasteiger partial charge < -0.3 is 10.1 Å². The van der Waals surface area contributed by atoms with E-state index in [1.807, 2.05) is 16.0 Å². The number of nitrogens with zero attached hydrogens (tertiary/aromatic N) is 6. The quantitative estimate of drug-likeness (QED) is 0.687. The Labute approximate surface area is 179 Å². The smallest absolute Gasteiger partial charge is 0.146 e. The van der Waals surface area contributed by atoms with Crippen LogP contribution in [0.5, 0.6) is 0 Å². The molecule has 0 radical (unpaired) electrons. The number of hydrogen-bond acceptors (Lipinski definition) is 8. The van der Waals surface area contributed by atoms with E-state index in [1.165, 1.54) is 35.1 Å². The molecule has 1 saturated heterocycles. The number of aryl methyl sites for hydroxylation is 3. The van der Waals surface area contributed by atoms with Crippen molar-refractivity contribution in [3.05, 3.63) is 28.4 Å². The lowest BCUT2D eigenvalue weighted by molar-refractivity contribution is 0.0331. The molecule has 1 N–H and O–H groups in total. The summed E-state index contributed by atoms with van der Waals surface area (Å²) in [6.07, 6.45) is 8.54. The van der Waals surface area contributed by atoms with Crippen molar-refractivity contribution in [3.63, 3.8) is 0 Å². The molecule has 3 aromatic rings. The van der Waals surface area contributed by atoms with Gasteiger partial charge in [0.2, 0.25) is 0 Å². The van der Waals surface area contributed by atoms with Crippen molar-refractivity contribution in [2.75, 3.05) is 31.6 Å². The standard InChI is InChI=1S/C21H27N7OS/c1-2-4-16-15(3-1)19-20(24-14-5-6-18-22-13-23-28(18)11-14)25-17(26-21(19)30-16)12-27-7-9-29-10-8-27/h13-14H,1-12H2,(H,24,25,26). The Morgan fingerprint density at radius 1 is 1.13 bits per heavy atom. The lowest BCUT2D eigenvalue weighted by atomic mass is 9.97. The Bertz CT molecular complexity index is 1060. The van der Waals surface area contributed by atoms with Crippen LogP contribution in [0.3, 0.4) is 0 Å². The molecule has 0 bridgehead atoms. The summed E-state index contributed by atoms with van der Waals surface area (Å²) < 4.78 is 7.53. The van der Waals surface area contributed by atoms with E-state index < -0.39 is 0 Å². The molecule has 1 atom stereocenters. The topological polar surface area (TPSA) is 81.0 Å². The highest BCUT2D eigenvalue weighted by Gasteiger charge is 2.25. The van der Waals surface area contributed by atoms with Crippen LogP contribution in [0.2, 0.25) is 0 Å². The molecule has 0 aromatic carbocycles. The number of nitrogens with one attached hydrogen (secondary N) is 1. The molecule has 0 amide bonds. The van der Waals surface area contributed by atoms with E-state index in [4.69, 9.17) is 14.7 Å². The average Bonchev–Trinajstić information content (AvgIpc) is 3.38. The molecule has 1 fully saturated rings. The first-order valence-electron chi connectivity index (χ1n) is 11.1. The van der Waals surface area contributed by atoms with Crippen molar-refractivity contribution in [1.29, 1.82) is 0 Å². The molecule has 1 unspecified atom stereocenters. The van der Waals surface area contributed by atoms with Gasteiger partial charge in [-0.05, 0) is 37.7 Å². The molecule has 6 rings (SSSR count). The molecule has 9 heteroatoms. The van der Waals surface area contributed by atoms with E-state index in [0.717, 1.165) is 81.0 Å². The van der Waals surface area contributed by atoms with Gasteiger partial charge in [-0.25, -0.2) is 19.6 Å². The summed E-state index contributed by atoms with van der Waals surface area (Å²) in [4.78, 5) is 19.5. The van der Waals surface area contributed by atoms with Crippen LogP contribution in [0.1, 0.15) is 41.4 Å². The fourth-order valence-corrected chi connectivity index (χ4v) is 6.16. The van der Waals surface area contributed by atoms with Gasteiger partial charge >= 0.3 is 0 Å². The molecule has 1 aliphatic carbocycles. The van der Waals surface area contributed by atoms with Crippen molar-refractivity contribution in [2.24, 2.45) is 0 Å². The Hall–Kier alpha value is -2.10. The normalized spacial score (nSPS) is 22.1. The van der Waals surface area contributed by atoms with Crippen LogP contribution in [0, 0.1) is 0 Å². The number of fused-ring (bicyclic) bond motifs is 4. The van der Waals surface area contributed by atoms with Gasteiger partial charge in [0.1, 0.15) is 28.6 Å². The molecule has 5 heterocycles. The minimum absolute atomic E-state index is 0.313. The van der Waals surface area contributed by atoms with Crippen molar-refractivity contribution in [1.82, 2.24) is 29.6 Å². The second-order valence-corrected chi connectivity index (χ2v) is 9.59. The minimum Gasteiger partial charge on any atom is -0.379 e. The Morgan fingerprint density at radius 3 is 2.97 bits per heavy atom. The van der Waals surface area contributed by atoms with Gasteiger partial charge in [-0.1, -0.05) is 0 Å². The minimum atomic E-state index is 0.313. The molecule has 30 heavy (non-hydrogen) atoms. The van der Waals surface area contributed by atoms with Crippen LogP contribution < -0.4 is 5.32 Å². The summed E-state index contributed by atoms with van der Waals surface area (Å²) >= 11 is 1.88. The molecule has 2 aliphatic heterocycles. The first-order valence-corrected chi connectivity index (χ1v) is 11.9. The highest BCUT2D eigenvalue weighted by Crippen LogP contribution is 2.39. The second-order valence-electron chi connectivity index (χ2n) is 8.51. The third kappa shape index (κ3) is 3.48. The van der Waals surface area contributed by atoms with E-state index in [9.17, 15) is 0 Å². The largest absolute Gasteiger partial charge is 0.379 e. The van der Waals surface area contributed by atoms with Gasteiger partial charge in [0.05, 0.1) is 31.7 Å². The van der Waals surface area contributed by atoms with E-state index >= 15 is 0 Å². The van der Waals surface area contributed by atoms with Gasteiger partial charge in [-0.2, -0.15) is 5.10 Å². The van der Waals surface area contributed by atoms with Crippen LogP contribution in [0.15, 0.2) is 6.33 Å². The molecular weight excluding hydrogens is 398 g/mol. The SMILES string of the molecule is c1nc2n(n1)CC(Nc1nc(CN3CCOCC3)nc3sc4c(c13)CCCC4)CC2. The summed E-state index contributed by atoms with van der Waals surface area (Å²) in [6.45, 7) is 5.11. The van der Waals surface area contributed by atoms with E-state index in [0.29, 0.717) is 6.04 Å². The summed E-state index contributed by atoms with van der Waals surface area (Å²) in [5, 5.41) is 9.44. The number of rotatable bonds is 4. The monoisotopic (exact) mass is 425 g/mol. The second kappa shape index (κ2) is 7.86. The summed E-state index contributed by atoms with van der Waals surface area (Å²) in [5.74, 6) is 3.03. The number of aromatic nitrogens is 5. The predicted octanol–water partition coefficient (Wildman–Crippen LogP) is 2.42. The lowest BCUT2D eigenvalue weighted by Gasteiger charge is -2.27. The lowest BCUT2D eigenvalue weighted by Crippen LogP contribution is -2.36. The zero-order chi connectivity index (χ0) is 19.9. The highest BCUT2D eigenvalue weighted by atomic mass is 32.1. The van der Waals surface area contributed by atoms with Crippen molar-refractivity contribution in [2.45, 2.75) is 57.7 Å². The average molecular weight is 426 g/mol. The fraction of sp³-hybridized carbons (Fsp3) is 0.619. The van der Waals surface area contributed by atoms with Gasteiger partial charge in [0, 0.05) is 30.4 Å².